The Bertz CT molecular complexity index is 1080. The van der Waals surface area contributed by atoms with Crippen LogP contribution in [0.1, 0.15) is 11.3 Å². The van der Waals surface area contributed by atoms with E-state index in [4.69, 9.17) is 0 Å². The van der Waals surface area contributed by atoms with Crippen molar-refractivity contribution in [3.05, 3.63) is 84.1 Å². The summed E-state index contributed by atoms with van der Waals surface area (Å²) in [4.78, 5) is 0. The zero-order valence-corrected chi connectivity index (χ0v) is 13.7. The van der Waals surface area contributed by atoms with Crippen LogP contribution in [0.4, 0.5) is 5.69 Å². The molecule has 0 fully saturated rings. The van der Waals surface area contributed by atoms with Gasteiger partial charge in [0.15, 0.2) is 0 Å². The minimum absolute atomic E-state index is 0.301. The summed E-state index contributed by atoms with van der Waals surface area (Å²) >= 11 is 0. The number of hydrogen-bond acceptors (Lipinski definition) is 2. The lowest BCUT2D eigenvalue weighted by atomic mass is 9.88. The Morgan fingerprint density at radius 3 is 2.52 bits per heavy atom. The van der Waals surface area contributed by atoms with E-state index in [1.807, 2.05) is 30.3 Å². The second-order valence-corrected chi connectivity index (χ2v) is 6.49. The molecule has 0 saturated heterocycles. The van der Waals surface area contributed by atoms with E-state index in [0.29, 0.717) is 5.75 Å². The highest BCUT2D eigenvalue weighted by Crippen LogP contribution is 2.41. The molecule has 1 heterocycles. The van der Waals surface area contributed by atoms with Gasteiger partial charge in [-0.05, 0) is 54.3 Å². The molecule has 3 aromatic carbocycles. The average Bonchev–Trinajstić information content (AvgIpc) is 2.96. The van der Waals surface area contributed by atoms with Crippen LogP contribution >= 0.6 is 0 Å². The fourth-order valence-electron chi connectivity index (χ4n) is 3.87. The van der Waals surface area contributed by atoms with Crippen LogP contribution in [0.3, 0.4) is 0 Å². The van der Waals surface area contributed by atoms with E-state index in [1.54, 1.807) is 6.07 Å². The van der Waals surface area contributed by atoms with Crippen molar-refractivity contribution in [3.63, 3.8) is 0 Å². The first-order valence-electron chi connectivity index (χ1n) is 8.58. The molecule has 0 bridgehead atoms. The van der Waals surface area contributed by atoms with Crippen LogP contribution in [-0.4, -0.2) is 9.78 Å². The molecule has 0 spiro atoms. The van der Waals surface area contributed by atoms with Gasteiger partial charge in [-0.2, -0.15) is 0 Å². The van der Waals surface area contributed by atoms with Gasteiger partial charge in [0.05, 0.1) is 11.2 Å². The van der Waals surface area contributed by atoms with Crippen LogP contribution in [0.15, 0.2) is 72.8 Å². The van der Waals surface area contributed by atoms with Crippen LogP contribution < -0.4 is 5.43 Å². The summed E-state index contributed by atoms with van der Waals surface area (Å²) in [5.41, 5.74) is 10.8. The first-order chi connectivity index (χ1) is 12.3. The largest absolute Gasteiger partial charge is 0.508 e. The van der Waals surface area contributed by atoms with E-state index in [2.05, 4.69) is 46.5 Å². The van der Waals surface area contributed by atoms with Gasteiger partial charge < -0.3 is 5.11 Å². The second kappa shape index (κ2) is 5.42. The Balaban J connectivity index is 1.80. The Hall–Kier alpha value is -3.20. The number of aromatic nitrogens is 1. The number of anilines is 1. The first-order valence-corrected chi connectivity index (χ1v) is 8.58. The Morgan fingerprint density at radius 1 is 0.840 bits per heavy atom. The summed E-state index contributed by atoms with van der Waals surface area (Å²) in [6.45, 7) is 0. The van der Waals surface area contributed by atoms with Crippen LogP contribution in [0.5, 0.6) is 5.75 Å². The third-order valence-electron chi connectivity index (χ3n) is 4.98. The molecule has 1 aliphatic carbocycles. The van der Waals surface area contributed by atoms with Crippen molar-refractivity contribution in [3.8, 4) is 16.9 Å². The van der Waals surface area contributed by atoms with Crippen LogP contribution in [0.2, 0.25) is 0 Å². The predicted molar refractivity (Wildman–Crippen MR) is 102 cm³/mol. The standard InChI is InChI=1S/C22H18N2O/c25-17-11-13-20-19(14-17)22-18-9-5-4-6-15(18)10-12-21(22)24(20)23-16-7-2-1-3-8-16/h1-9,11,13-14,23,25H,10,12H2. The van der Waals surface area contributed by atoms with E-state index < -0.39 is 0 Å². The molecule has 5 rings (SSSR count). The van der Waals surface area contributed by atoms with Crippen LogP contribution in [-0.2, 0) is 12.8 Å². The Morgan fingerprint density at radius 2 is 1.64 bits per heavy atom. The van der Waals surface area contributed by atoms with Gasteiger partial charge in [-0.15, -0.1) is 0 Å². The molecule has 0 saturated carbocycles. The SMILES string of the molecule is Oc1ccc2c(c1)c1c(n2Nc2ccccc2)CCc2ccccc2-1. The van der Waals surface area contributed by atoms with E-state index in [9.17, 15) is 5.11 Å². The van der Waals surface area contributed by atoms with Crippen molar-refractivity contribution >= 4 is 16.6 Å². The molecule has 0 unspecified atom stereocenters. The van der Waals surface area contributed by atoms with Gasteiger partial charge in [0.25, 0.3) is 0 Å². The second-order valence-electron chi connectivity index (χ2n) is 6.49. The molecular formula is C22H18N2O. The lowest BCUT2D eigenvalue weighted by Gasteiger charge is -2.20. The minimum Gasteiger partial charge on any atom is -0.508 e. The first kappa shape index (κ1) is 14.2. The van der Waals surface area contributed by atoms with Gasteiger partial charge in [0, 0.05) is 16.6 Å². The molecule has 0 radical (unpaired) electrons. The molecule has 1 aromatic heterocycles. The summed E-state index contributed by atoms with van der Waals surface area (Å²) < 4.78 is 2.18. The normalized spacial score (nSPS) is 12.6. The molecule has 2 N–H and O–H groups in total. The average molecular weight is 326 g/mol. The smallest absolute Gasteiger partial charge is 0.116 e. The Labute approximate surface area is 146 Å². The molecule has 1 aliphatic rings. The maximum Gasteiger partial charge on any atom is 0.116 e. The third kappa shape index (κ3) is 2.20. The fourth-order valence-corrected chi connectivity index (χ4v) is 3.87. The van der Waals surface area contributed by atoms with Crippen molar-refractivity contribution < 1.29 is 5.11 Å². The van der Waals surface area contributed by atoms with Gasteiger partial charge >= 0.3 is 0 Å². The van der Waals surface area contributed by atoms with Crippen LogP contribution in [0, 0.1) is 0 Å². The van der Waals surface area contributed by atoms with E-state index in [0.717, 1.165) is 29.4 Å². The molecule has 0 atom stereocenters. The number of rotatable bonds is 2. The summed E-state index contributed by atoms with van der Waals surface area (Å²) in [6, 6.07) is 24.4. The monoisotopic (exact) mass is 326 g/mol. The zero-order valence-electron chi connectivity index (χ0n) is 13.7. The van der Waals surface area contributed by atoms with Gasteiger partial charge in [-0.1, -0.05) is 42.5 Å². The van der Waals surface area contributed by atoms with Crippen molar-refractivity contribution in [2.45, 2.75) is 12.8 Å². The molecular weight excluding hydrogens is 308 g/mol. The number of aromatic hydroxyl groups is 1. The molecule has 0 amide bonds. The Kier molecular flexibility index (Phi) is 3.07. The molecule has 25 heavy (non-hydrogen) atoms. The number of aryl methyl sites for hydroxylation is 1. The number of phenolic OH excluding ortho intramolecular Hbond substituents is 1. The van der Waals surface area contributed by atoms with Gasteiger partial charge in [0.2, 0.25) is 0 Å². The maximum absolute atomic E-state index is 10.0. The number of hydrogen-bond donors (Lipinski definition) is 2. The topological polar surface area (TPSA) is 37.2 Å². The fraction of sp³-hybridized carbons (Fsp3) is 0.0909. The van der Waals surface area contributed by atoms with E-state index >= 15 is 0 Å². The van der Waals surface area contributed by atoms with Gasteiger partial charge in [0.1, 0.15) is 5.75 Å². The summed E-state index contributed by atoms with van der Waals surface area (Å²) in [5, 5.41) is 11.1. The number of phenols is 1. The van der Waals surface area contributed by atoms with Crippen molar-refractivity contribution in [1.82, 2.24) is 4.68 Å². The van der Waals surface area contributed by atoms with Gasteiger partial charge in [-0.25, -0.2) is 0 Å². The van der Waals surface area contributed by atoms with Crippen LogP contribution in [0.25, 0.3) is 22.0 Å². The summed E-state index contributed by atoms with van der Waals surface area (Å²) in [5.74, 6) is 0.301. The van der Waals surface area contributed by atoms with Crippen molar-refractivity contribution in [2.24, 2.45) is 0 Å². The predicted octanol–water partition coefficient (Wildman–Crippen LogP) is 4.99. The minimum atomic E-state index is 0.301. The maximum atomic E-state index is 10.0. The zero-order chi connectivity index (χ0) is 16.8. The highest BCUT2D eigenvalue weighted by molar-refractivity contribution is 6.00. The lowest BCUT2D eigenvalue weighted by Crippen LogP contribution is -2.15. The third-order valence-corrected chi connectivity index (χ3v) is 4.98. The van der Waals surface area contributed by atoms with E-state index in [-0.39, 0.29) is 0 Å². The number of nitrogens with one attached hydrogen (secondary N) is 1. The molecule has 3 nitrogen and oxygen atoms in total. The molecule has 3 heteroatoms. The molecule has 0 aliphatic heterocycles. The van der Waals surface area contributed by atoms with Crippen molar-refractivity contribution in [2.75, 3.05) is 5.43 Å². The quantitative estimate of drug-likeness (QED) is 0.544. The highest BCUT2D eigenvalue weighted by atomic mass is 16.3. The molecule has 4 aromatic rings. The lowest BCUT2D eigenvalue weighted by molar-refractivity contribution is 0.476. The van der Waals surface area contributed by atoms with Gasteiger partial charge in [-0.3, -0.25) is 10.1 Å². The summed E-state index contributed by atoms with van der Waals surface area (Å²) in [6.07, 6.45) is 2.00. The summed E-state index contributed by atoms with van der Waals surface area (Å²) in [7, 11) is 0. The highest BCUT2D eigenvalue weighted by Gasteiger charge is 2.24. The number of para-hydroxylation sites is 1. The number of nitrogens with zero attached hydrogens (tertiary/aromatic N) is 1. The molecule has 122 valence electrons. The number of fused-ring (bicyclic) bond motifs is 5. The van der Waals surface area contributed by atoms with E-state index in [1.165, 1.54) is 22.4 Å². The van der Waals surface area contributed by atoms with Crippen molar-refractivity contribution in [1.29, 1.82) is 0 Å². The number of benzene rings is 3.